The van der Waals surface area contributed by atoms with Crippen LogP contribution in [0.4, 0.5) is 0 Å². The van der Waals surface area contributed by atoms with Crippen LogP contribution in [-0.2, 0) is 16.1 Å². The number of aromatic amines is 1. The summed E-state index contributed by atoms with van der Waals surface area (Å²) >= 11 is 0. The molecule has 3 heterocycles. The van der Waals surface area contributed by atoms with Crippen LogP contribution < -0.4 is 0 Å². The lowest BCUT2D eigenvalue weighted by Gasteiger charge is -2.31. The van der Waals surface area contributed by atoms with Crippen LogP contribution in [0.25, 0.3) is 0 Å². The van der Waals surface area contributed by atoms with Gasteiger partial charge < -0.3 is 9.74 Å². The highest BCUT2D eigenvalue weighted by Gasteiger charge is 2.32. The molecule has 2 aliphatic rings. The van der Waals surface area contributed by atoms with Crippen molar-refractivity contribution in [2.24, 2.45) is 11.1 Å². The van der Waals surface area contributed by atoms with Crippen LogP contribution >= 0.6 is 0 Å². The molecule has 0 aliphatic carbocycles. The molecule has 1 N–H and O–H groups in total. The van der Waals surface area contributed by atoms with E-state index in [4.69, 9.17) is 4.84 Å². The van der Waals surface area contributed by atoms with Crippen molar-refractivity contribution in [1.29, 1.82) is 0 Å². The van der Waals surface area contributed by atoms with E-state index >= 15 is 0 Å². The van der Waals surface area contributed by atoms with Crippen LogP contribution in [0.1, 0.15) is 36.8 Å². The van der Waals surface area contributed by atoms with Crippen molar-refractivity contribution in [2.45, 2.75) is 31.8 Å². The molecular weight excluding hydrogens is 320 g/mol. The van der Waals surface area contributed by atoms with Crippen LogP contribution in [0, 0.1) is 5.92 Å². The summed E-state index contributed by atoms with van der Waals surface area (Å²) in [5.41, 5.74) is 1.57. The number of H-pyrrole nitrogens is 1. The Balaban J connectivity index is 1.29. The highest BCUT2D eigenvalue weighted by Crippen LogP contribution is 2.28. The zero-order valence-corrected chi connectivity index (χ0v) is 13.8. The highest BCUT2D eigenvalue weighted by atomic mass is 16.6. The van der Waals surface area contributed by atoms with Crippen LogP contribution in [0.5, 0.6) is 0 Å². The summed E-state index contributed by atoms with van der Waals surface area (Å²) in [6.45, 7) is 1.47. The van der Waals surface area contributed by atoms with Gasteiger partial charge >= 0.3 is 0 Å². The first kappa shape index (κ1) is 15.7. The number of hydrogen-bond donors (Lipinski definition) is 1. The molecule has 0 bridgehead atoms. The third kappa shape index (κ3) is 3.52. The number of likely N-dealkylation sites (tertiary alicyclic amines) is 1. The summed E-state index contributed by atoms with van der Waals surface area (Å²) < 4.78 is 0. The number of nitrogens with zero attached hydrogens (tertiary/aromatic N) is 5. The Hall–Kier alpha value is -2.77. The first-order chi connectivity index (χ1) is 12.3. The fourth-order valence-electron chi connectivity index (χ4n) is 3.40. The number of benzene rings is 1. The van der Waals surface area contributed by atoms with Crippen molar-refractivity contribution in [1.82, 2.24) is 25.5 Å². The second kappa shape index (κ2) is 7.00. The lowest BCUT2D eigenvalue weighted by atomic mass is 9.93. The van der Waals surface area contributed by atoms with Crippen LogP contribution in [0.2, 0.25) is 0 Å². The van der Waals surface area contributed by atoms with Gasteiger partial charge in [0.25, 0.3) is 5.91 Å². The number of amides is 1. The number of carbonyl (C=O) groups is 1. The predicted molar refractivity (Wildman–Crippen MR) is 89.5 cm³/mol. The largest absolute Gasteiger partial charge is 0.387 e. The minimum Gasteiger partial charge on any atom is -0.387 e. The van der Waals surface area contributed by atoms with E-state index in [0.717, 1.165) is 43.7 Å². The fourth-order valence-corrected chi connectivity index (χ4v) is 3.40. The van der Waals surface area contributed by atoms with Gasteiger partial charge in [0.15, 0.2) is 11.9 Å². The first-order valence-corrected chi connectivity index (χ1v) is 8.59. The topological polar surface area (TPSA) is 96.4 Å². The highest BCUT2D eigenvalue weighted by molar-refractivity contribution is 6.39. The molecule has 130 valence electrons. The number of rotatable bonds is 4. The normalized spacial score (nSPS) is 21.0. The van der Waals surface area contributed by atoms with Crippen molar-refractivity contribution in [3.8, 4) is 0 Å². The Morgan fingerprint density at radius 3 is 2.76 bits per heavy atom. The summed E-state index contributed by atoms with van der Waals surface area (Å²) in [5.74, 6) is 1.22. The number of piperidine rings is 1. The number of aromatic nitrogens is 4. The minimum atomic E-state index is -0.157. The van der Waals surface area contributed by atoms with Gasteiger partial charge in [-0.2, -0.15) is 5.21 Å². The van der Waals surface area contributed by atoms with E-state index in [2.05, 4.69) is 25.8 Å². The van der Waals surface area contributed by atoms with E-state index in [1.807, 2.05) is 35.2 Å². The number of nitrogens with one attached hydrogen (secondary N) is 1. The maximum absolute atomic E-state index is 12.7. The van der Waals surface area contributed by atoms with Crippen LogP contribution in [-0.4, -0.2) is 50.2 Å². The molecule has 1 fully saturated rings. The van der Waals surface area contributed by atoms with E-state index < -0.39 is 0 Å². The number of oxime groups is 1. The average Bonchev–Trinajstić information content (AvgIpc) is 3.34. The summed E-state index contributed by atoms with van der Waals surface area (Å²) in [6.07, 6.45) is 3.06. The standard InChI is InChI=1S/C17H20N6O2/c24-17(14-11-15(25-20-14)13-4-2-1-3-5-13)23-8-6-12(7-9-23)10-16-18-21-22-19-16/h1-5,12,15H,6-11H2,(H,18,19,21,22). The van der Waals surface area contributed by atoms with Crippen LogP contribution in [0.15, 0.2) is 35.5 Å². The van der Waals surface area contributed by atoms with Gasteiger partial charge in [-0.05, 0) is 24.3 Å². The van der Waals surface area contributed by atoms with Gasteiger partial charge in [-0.3, -0.25) is 4.79 Å². The molecule has 25 heavy (non-hydrogen) atoms. The Bertz CT molecular complexity index is 738. The molecule has 2 aliphatic heterocycles. The quantitative estimate of drug-likeness (QED) is 0.910. The minimum absolute atomic E-state index is 0.00329. The van der Waals surface area contributed by atoms with Crippen molar-refractivity contribution in [3.63, 3.8) is 0 Å². The Morgan fingerprint density at radius 2 is 2.04 bits per heavy atom. The molecular formula is C17H20N6O2. The summed E-state index contributed by atoms with van der Waals surface area (Å²) in [7, 11) is 0. The zero-order chi connectivity index (χ0) is 17.1. The molecule has 1 unspecified atom stereocenters. The van der Waals surface area contributed by atoms with E-state index in [1.165, 1.54) is 0 Å². The monoisotopic (exact) mass is 340 g/mol. The zero-order valence-electron chi connectivity index (χ0n) is 13.8. The van der Waals surface area contributed by atoms with Gasteiger partial charge in [0.1, 0.15) is 5.71 Å². The van der Waals surface area contributed by atoms with Gasteiger partial charge in [-0.15, -0.1) is 10.2 Å². The molecule has 0 spiro atoms. The maximum atomic E-state index is 12.7. The lowest BCUT2D eigenvalue weighted by molar-refractivity contribution is -0.125. The van der Waals surface area contributed by atoms with Gasteiger partial charge in [-0.25, -0.2) is 0 Å². The van der Waals surface area contributed by atoms with Gasteiger partial charge in [0.2, 0.25) is 0 Å². The molecule has 4 rings (SSSR count). The molecule has 1 atom stereocenters. The third-order valence-corrected chi connectivity index (χ3v) is 4.85. The molecule has 8 heteroatoms. The maximum Gasteiger partial charge on any atom is 0.271 e. The number of tetrazole rings is 1. The summed E-state index contributed by atoms with van der Waals surface area (Å²) in [6, 6.07) is 9.89. The van der Waals surface area contributed by atoms with Crippen molar-refractivity contribution >= 4 is 11.6 Å². The van der Waals surface area contributed by atoms with Crippen molar-refractivity contribution in [3.05, 3.63) is 41.7 Å². The van der Waals surface area contributed by atoms with E-state index in [0.29, 0.717) is 18.1 Å². The Kier molecular flexibility index (Phi) is 4.41. The second-order valence-corrected chi connectivity index (χ2v) is 6.51. The summed E-state index contributed by atoms with van der Waals surface area (Å²) in [5, 5.41) is 18.1. The predicted octanol–water partition coefficient (Wildman–Crippen LogP) is 1.50. The smallest absolute Gasteiger partial charge is 0.271 e. The van der Waals surface area contributed by atoms with Crippen molar-refractivity contribution in [2.75, 3.05) is 13.1 Å². The van der Waals surface area contributed by atoms with E-state index in [9.17, 15) is 4.79 Å². The third-order valence-electron chi connectivity index (χ3n) is 4.85. The second-order valence-electron chi connectivity index (χ2n) is 6.51. The molecule has 0 radical (unpaired) electrons. The molecule has 1 aromatic heterocycles. The molecule has 0 saturated carbocycles. The number of hydrogen-bond acceptors (Lipinski definition) is 6. The van der Waals surface area contributed by atoms with Gasteiger partial charge in [-0.1, -0.05) is 40.7 Å². The Labute approximate surface area is 145 Å². The average molecular weight is 340 g/mol. The lowest BCUT2D eigenvalue weighted by Crippen LogP contribution is -2.42. The molecule has 1 amide bonds. The summed E-state index contributed by atoms with van der Waals surface area (Å²) in [4.78, 5) is 20.0. The van der Waals surface area contributed by atoms with Crippen LogP contribution in [0.3, 0.4) is 0 Å². The van der Waals surface area contributed by atoms with E-state index in [1.54, 1.807) is 0 Å². The van der Waals surface area contributed by atoms with E-state index in [-0.39, 0.29) is 12.0 Å². The molecule has 1 aromatic carbocycles. The van der Waals surface area contributed by atoms with Gasteiger partial charge in [0.05, 0.1) is 0 Å². The number of carbonyl (C=O) groups excluding carboxylic acids is 1. The Morgan fingerprint density at radius 1 is 1.24 bits per heavy atom. The van der Waals surface area contributed by atoms with Crippen molar-refractivity contribution < 1.29 is 9.63 Å². The molecule has 1 saturated heterocycles. The van der Waals surface area contributed by atoms with Gasteiger partial charge in [0, 0.05) is 25.9 Å². The molecule has 2 aromatic rings. The fraction of sp³-hybridized carbons (Fsp3) is 0.471. The first-order valence-electron chi connectivity index (χ1n) is 8.59. The molecule has 8 nitrogen and oxygen atoms in total. The SMILES string of the molecule is O=C(C1=NOC(c2ccccc2)C1)N1CCC(Cc2nn[nH]n2)CC1.